The van der Waals surface area contributed by atoms with Gasteiger partial charge < -0.3 is 4.74 Å². The van der Waals surface area contributed by atoms with Crippen LogP contribution in [0.15, 0.2) is 35.5 Å². The molecule has 2 nitrogen and oxygen atoms in total. The Bertz CT molecular complexity index is 681. The zero-order valence-electron chi connectivity index (χ0n) is 13.7. The summed E-state index contributed by atoms with van der Waals surface area (Å²) in [6.07, 6.45) is 5.80. The number of hydrogen-bond donors (Lipinski definition) is 0. The smallest absolute Gasteiger partial charge is 0.191 e. The highest BCUT2D eigenvalue weighted by Crippen LogP contribution is 2.34. The molecular formula is C19H21F2NOS. The molecular weight excluding hydrogens is 328 g/mol. The van der Waals surface area contributed by atoms with E-state index in [1.807, 2.05) is 6.07 Å². The van der Waals surface area contributed by atoms with Crippen LogP contribution in [0.1, 0.15) is 37.3 Å². The van der Waals surface area contributed by atoms with E-state index < -0.39 is 11.6 Å². The zero-order chi connectivity index (χ0) is 16.9. The molecule has 1 aliphatic rings. The van der Waals surface area contributed by atoms with Crippen molar-refractivity contribution in [2.75, 3.05) is 5.75 Å². The highest BCUT2D eigenvalue weighted by Gasteiger charge is 2.23. The number of halogens is 2. The van der Waals surface area contributed by atoms with Gasteiger partial charge >= 0.3 is 0 Å². The van der Waals surface area contributed by atoms with Gasteiger partial charge in [0.25, 0.3) is 0 Å². The minimum Gasteiger partial charge on any atom is -0.483 e. The Morgan fingerprint density at radius 2 is 2.00 bits per heavy atom. The third-order valence-electron chi connectivity index (χ3n) is 3.94. The summed E-state index contributed by atoms with van der Waals surface area (Å²) in [4.78, 5) is 4.32. The average molecular weight is 349 g/mol. The standard InChI is InChI=1S/C19H21F2NOS/c1-2-8-24-19-15(4-3-7-22-19)12-23-18-16(20)10-14(11-17(18)21)9-13-5-6-13/h3-4,7,10-11,13H,2,5-6,8-9,12H2,1H3. The first-order valence-corrected chi connectivity index (χ1v) is 9.33. The summed E-state index contributed by atoms with van der Waals surface area (Å²) >= 11 is 1.63. The number of thioether (sulfide) groups is 1. The average Bonchev–Trinajstić information content (AvgIpc) is 3.37. The van der Waals surface area contributed by atoms with E-state index in [1.165, 1.54) is 12.1 Å². The van der Waals surface area contributed by atoms with Crippen LogP contribution in [0.4, 0.5) is 8.78 Å². The van der Waals surface area contributed by atoms with Crippen LogP contribution < -0.4 is 4.74 Å². The SMILES string of the molecule is CCCSc1ncccc1COc1c(F)cc(CC2CC2)cc1F. The molecule has 2 aromatic rings. The van der Waals surface area contributed by atoms with Gasteiger partial charge in [-0.15, -0.1) is 11.8 Å². The van der Waals surface area contributed by atoms with Crippen LogP contribution in [0.2, 0.25) is 0 Å². The normalized spacial score (nSPS) is 14.0. The molecule has 0 spiro atoms. The van der Waals surface area contributed by atoms with Gasteiger partial charge in [0.2, 0.25) is 0 Å². The Morgan fingerprint density at radius 3 is 2.67 bits per heavy atom. The van der Waals surface area contributed by atoms with E-state index >= 15 is 0 Å². The second-order valence-electron chi connectivity index (χ2n) is 6.14. The van der Waals surface area contributed by atoms with Crippen molar-refractivity contribution in [2.24, 2.45) is 5.92 Å². The molecule has 0 saturated heterocycles. The second-order valence-corrected chi connectivity index (χ2v) is 7.22. The van der Waals surface area contributed by atoms with Crippen molar-refractivity contribution in [3.8, 4) is 5.75 Å². The highest BCUT2D eigenvalue weighted by atomic mass is 32.2. The number of nitrogens with zero attached hydrogens (tertiary/aromatic N) is 1. The first-order chi connectivity index (χ1) is 11.7. The van der Waals surface area contributed by atoms with Crippen LogP contribution in [-0.2, 0) is 13.0 Å². The molecule has 0 N–H and O–H groups in total. The van der Waals surface area contributed by atoms with Crippen molar-refractivity contribution < 1.29 is 13.5 Å². The van der Waals surface area contributed by atoms with Gasteiger partial charge in [-0.25, -0.2) is 13.8 Å². The van der Waals surface area contributed by atoms with Gasteiger partial charge in [0.1, 0.15) is 11.6 Å². The molecule has 1 aliphatic carbocycles. The Balaban J connectivity index is 1.70. The molecule has 24 heavy (non-hydrogen) atoms. The number of hydrogen-bond acceptors (Lipinski definition) is 3. The van der Waals surface area contributed by atoms with E-state index in [4.69, 9.17) is 4.74 Å². The summed E-state index contributed by atoms with van der Waals surface area (Å²) in [5.74, 6) is -0.0219. The number of rotatable bonds is 8. The fraction of sp³-hybridized carbons (Fsp3) is 0.421. The van der Waals surface area contributed by atoms with E-state index in [2.05, 4.69) is 11.9 Å². The number of benzene rings is 1. The molecule has 3 rings (SSSR count). The molecule has 1 aromatic heterocycles. The number of ether oxygens (including phenoxy) is 1. The Hall–Kier alpha value is -1.62. The summed E-state index contributed by atoms with van der Waals surface area (Å²) in [5.41, 5.74) is 1.55. The van der Waals surface area contributed by atoms with Gasteiger partial charge in [0, 0.05) is 11.8 Å². The Kier molecular flexibility index (Phi) is 5.72. The quantitative estimate of drug-likeness (QED) is 0.596. The summed E-state index contributed by atoms with van der Waals surface area (Å²) in [7, 11) is 0. The predicted octanol–water partition coefficient (Wildman–Crippen LogP) is 5.39. The third-order valence-corrected chi connectivity index (χ3v) is 5.20. The first kappa shape index (κ1) is 17.2. The van der Waals surface area contributed by atoms with E-state index in [0.29, 0.717) is 11.5 Å². The minimum absolute atomic E-state index is 0.107. The predicted molar refractivity (Wildman–Crippen MR) is 92.4 cm³/mol. The minimum atomic E-state index is -0.627. The maximum absolute atomic E-state index is 14.2. The summed E-state index contributed by atoms with van der Waals surface area (Å²) < 4.78 is 33.9. The Labute approximate surface area is 145 Å². The lowest BCUT2D eigenvalue weighted by molar-refractivity contribution is 0.270. The summed E-state index contributed by atoms with van der Waals surface area (Å²) in [5, 5.41) is 0.852. The number of pyridine rings is 1. The van der Waals surface area contributed by atoms with Gasteiger partial charge in [-0.05, 0) is 61.1 Å². The fourth-order valence-corrected chi connectivity index (χ4v) is 3.38. The molecule has 5 heteroatoms. The largest absolute Gasteiger partial charge is 0.483 e. The molecule has 0 unspecified atom stereocenters. The molecule has 0 amide bonds. The summed E-state index contributed by atoms with van der Waals surface area (Å²) in [6, 6.07) is 6.47. The van der Waals surface area contributed by atoms with Crippen molar-refractivity contribution in [3.05, 3.63) is 53.2 Å². The lowest BCUT2D eigenvalue weighted by atomic mass is 10.1. The van der Waals surface area contributed by atoms with Crippen LogP contribution in [0, 0.1) is 17.6 Å². The fourth-order valence-electron chi connectivity index (χ4n) is 2.54. The van der Waals surface area contributed by atoms with Gasteiger partial charge in [0.15, 0.2) is 17.4 Å². The van der Waals surface area contributed by atoms with Gasteiger partial charge in [0.05, 0.1) is 0 Å². The lowest BCUT2D eigenvalue weighted by Gasteiger charge is -2.12. The van der Waals surface area contributed by atoms with Gasteiger partial charge in [-0.3, -0.25) is 0 Å². The maximum atomic E-state index is 14.2. The monoisotopic (exact) mass is 349 g/mol. The maximum Gasteiger partial charge on any atom is 0.191 e. The van der Waals surface area contributed by atoms with Crippen LogP contribution in [-0.4, -0.2) is 10.7 Å². The molecule has 0 bridgehead atoms. The second kappa shape index (κ2) is 7.97. The molecule has 1 heterocycles. The van der Waals surface area contributed by atoms with E-state index in [-0.39, 0.29) is 12.4 Å². The molecule has 0 radical (unpaired) electrons. The molecule has 0 aliphatic heterocycles. The molecule has 128 valence electrons. The van der Waals surface area contributed by atoms with E-state index in [1.54, 1.807) is 24.0 Å². The first-order valence-electron chi connectivity index (χ1n) is 8.34. The highest BCUT2D eigenvalue weighted by molar-refractivity contribution is 7.99. The van der Waals surface area contributed by atoms with E-state index in [9.17, 15) is 8.78 Å². The Morgan fingerprint density at radius 1 is 1.25 bits per heavy atom. The van der Waals surface area contributed by atoms with Gasteiger partial charge in [-0.1, -0.05) is 13.0 Å². The molecule has 1 saturated carbocycles. The topological polar surface area (TPSA) is 22.1 Å². The van der Waals surface area contributed by atoms with Crippen LogP contribution in [0.5, 0.6) is 5.75 Å². The molecule has 1 fully saturated rings. The van der Waals surface area contributed by atoms with Crippen molar-refractivity contribution in [1.29, 1.82) is 0 Å². The van der Waals surface area contributed by atoms with Gasteiger partial charge in [-0.2, -0.15) is 0 Å². The van der Waals surface area contributed by atoms with Crippen LogP contribution in [0.25, 0.3) is 0 Å². The molecule has 0 atom stereocenters. The van der Waals surface area contributed by atoms with E-state index in [0.717, 1.165) is 42.0 Å². The van der Waals surface area contributed by atoms with Crippen LogP contribution >= 0.6 is 11.8 Å². The van der Waals surface area contributed by atoms with Crippen LogP contribution in [0.3, 0.4) is 0 Å². The van der Waals surface area contributed by atoms with Crippen molar-refractivity contribution in [3.63, 3.8) is 0 Å². The third kappa shape index (κ3) is 4.47. The summed E-state index contributed by atoms with van der Waals surface area (Å²) in [6.45, 7) is 2.20. The number of aromatic nitrogens is 1. The van der Waals surface area contributed by atoms with Crippen molar-refractivity contribution >= 4 is 11.8 Å². The molecule has 1 aromatic carbocycles. The lowest BCUT2D eigenvalue weighted by Crippen LogP contribution is -2.03. The van der Waals surface area contributed by atoms with Crippen molar-refractivity contribution in [1.82, 2.24) is 4.98 Å². The van der Waals surface area contributed by atoms with Crippen molar-refractivity contribution in [2.45, 2.75) is 44.2 Å². The zero-order valence-corrected chi connectivity index (χ0v) is 14.5.